The van der Waals surface area contributed by atoms with Crippen molar-refractivity contribution in [2.24, 2.45) is 12.2 Å². The van der Waals surface area contributed by atoms with Gasteiger partial charge in [-0.1, -0.05) is 12.1 Å². The standard InChI is InChI=1S/C16H13N5O2S/c1-9-18-15-14(24-9)12-7-17-21(16(22)13(12)20(15)2)8-10-4-3-5-11(6-10)19-23/h3-7H,8H2,1-2H3. The molecule has 0 N–H and O–H groups in total. The quantitative estimate of drug-likeness (QED) is 0.537. The lowest BCUT2D eigenvalue weighted by molar-refractivity contribution is 0.644. The van der Waals surface area contributed by atoms with Gasteiger partial charge >= 0.3 is 0 Å². The number of thiazole rings is 1. The van der Waals surface area contributed by atoms with Gasteiger partial charge in [-0.2, -0.15) is 5.10 Å². The van der Waals surface area contributed by atoms with E-state index in [1.807, 2.05) is 24.6 Å². The highest BCUT2D eigenvalue weighted by molar-refractivity contribution is 7.19. The molecule has 0 unspecified atom stereocenters. The minimum Gasteiger partial charge on any atom is -0.323 e. The zero-order chi connectivity index (χ0) is 16.8. The molecule has 0 bridgehead atoms. The summed E-state index contributed by atoms with van der Waals surface area (Å²) >= 11 is 1.56. The fraction of sp³-hybridized carbons (Fsp3) is 0.188. The van der Waals surface area contributed by atoms with Gasteiger partial charge in [0.2, 0.25) is 0 Å². The van der Waals surface area contributed by atoms with E-state index in [1.165, 1.54) is 4.68 Å². The van der Waals surface area contributed by atoms with Gasteiger partial charge in [-0.15, -0.1) is 16.2 Å². The number of hydrogen-bond donors (Lipinski definition) is 0. The highest BCUT2D eigenvalue weighted by atomic mass is 32.1. The third kappa shape index (κ3) is 2.15. The maximum absolute atomic E-state index is 12.8. The second kappa shape index (κ2) is 5.34. The zero-order valence-electron chi connectivity index (χ0n) is 13.1. The van der Waals surface area contributed by atoms with Crippen molar-refractivity contribution in [1.29, 1.82) is 0 Å². The van der Waals surface area contributed by atoms with E-state index in [0.29, 0.717) is 11.2 Å². The summed E-state index contributed by atoms with van der Waals surface area (Å²) < 4.78 is 4.19. The molecule has 8 heteroatoms. The molecule has 0 saturated heterocycles. The summed E-state index contributed by atoms with van der Waals surface area (Å²) in [5.74, 6) is 0. The fourth-order valence-corrected chi connectivity index (χ4v) is 3.85. The van der Waals surface area contributed by atoms with E-state index in [2.05, 4.69) is 15.3 Å². The van der Waals surface area contributed by atoms with Crippen LogP contribution in [0, 0.1) is 11.8 Å². The van der Waals surface area contributed by atoms with Crippen molar-refractivity contribution < 1.29 is 0 Å². The lowest BCUT2D eigenvalue weighted by Crippen LogP contribution is -2.24. The summed E-state index contributed by atoms with van der Waals surface area (Å²) in [6, 6.07) is 6.84. The summed E-state index contributed by atoms with van der Waals surface area (Å²) in [4.78, 5) is 28.0. The maximum atomic E-state index is 12.8. The van der Waals surface area contributed by atoms with Gasteiger partial charge < -0.3 is 4.57 Å². The molecule has 0 aliphatic heterocycles. The Morgan fingerprint density at radius 3 is 2.96 bits per heavy atom. The first-order chi connectivity index (χ1) is 11.6. The van der Waals surface area contributed by atoms with E-state index in [-0.39, 0.29) is 12.1 Å². The first kappa shape index (κ1) is 14.7. The number of hydrogen-bond acceptors (Lipinski definition) is 6. The van der Waals surface area contributed by atoms with Crippen molar-refractivity contribution in [1.82, 2.24) is 19.3 Å². The SMILES string of the molecule is Cc1nc2c(s1)c1cnn(Cc3cccc(N=O)c3)c(=O)c1n2C. The van der Waals surface area contributed by atoms with E-state index in [1.54, 1.807) is 35.7 Å². The molecular weight excluding hydrogens is 326 g/mol. The number of benzene rings is 1. The molecule has 7 nitrogen and oxygen atoms in total. The number of nitrogens with zero attached hydrogens (tertiary/aromatic N) is 5. The second-order valence-electron chi connectivity index (χ2n) is 5.58. The molecule has 0 spiro atoms. The van der Waals surface area contributed by atoms with Crippen molar-refractivity contribution in [3.8, 4) is 0 Å². The van der Waals surface area contributed by atoms with Crippen molar-refractivity contribution in [2.45, 2.75) is 13.5 Å². The van der Waals surface area contributed by atoms with Crippen molar-refractivity contribution in [3.05, 3.63) is 56.3 Å². The number of aromatic nitrogens is 4. The van der Waals surface area contributed by atoms with Crippen LogP contribution in [0.4, 0.5) is 5.69 Å². The Hall–Kier alpha value is -2.87. The molecule has 1 aromatic carbocycles. The van der Waals surface area contributed by atoms with Crippen molar-refractivity contribution >= 4 is 38.3 Å². The highest BCUT2D eigenvalue weighted by Crippen LogP contribution is 2.30. The number of rotatable bonds is 3. The van der Waals surface area contributed by atoms with Gasteiger partial charge in [0.15, 0.2) is 5.65 Å². The van der Waals surface area contributed by atoms with Crippen molar-refractivity contribution in [2.75, 3.05) is 0 Å². The minimum atomic E-state index is -0.178. The van der Waals surface area contributed by atoms with E-state index >= 15 is 0 Å². The van der Waals surface area contributed by atoms with Crippen LogP contribution < -0.4 is 5.56 Å². The van der Waals surface area contributed by atoms with Gasteiger partial charge in [0.1, 0.15) is 11.2 Å². The van der Waals surface area contributed by atoms with E-state index in [0.717, 1.165) is 26.3 Å². The number of nitroso groups, excluding NO2 is 1. The van der Waals surface area contributed by atoms with Crippen LogP contribution in [-0.4, -0.2) is 19.3 Å². The monoisotopic (exact) mass is 339 g/mol. The summed E-state index contributed by atoms with van der Waals surface area (Å²) in [6.07, 6.45) is 1.71. The van der Waals surface area contributed by atoms with Crippen LogP contribution >= 0.6 is 11.3 Å². The topological polar surface area (TPSA) is 82.1 Å². The predicted molar refractivity (Wildman–Crippen MR) is 93.9 cm³/mol. The van der Waals surface area contributed by atoms with Crippen LogP contribution in [0.2, 0.25) is 0 Å². The summed E-state index contributed by atoms with van der Waals surface area (Å²) in [6.45, 7) is 2.22. The second-order valence-corrected chi connectivity index (χ2v) is 6.78. The van der Waals surface area contributed by atoms with Crippen LogP contribution in [0.3, 0.4) is 0 Å². The summed E-state index contributed by atoms with van der Waals surface area (Å²) in [5.41, 5.74) is 2.34. The lowest BCUT2D eigenvalue weighted by atomic mass is 10.2. The Balaban J connectivity index is 1.88. The molecule has 120 valence electrons. The smallest absolute Gasteiger partial charge is 0.291 e. The molecule has 0 fully saturated rings. The van der Waals surface area contributed by atoms with Gasteiger partial charge in [-0.05, 0) is 29.8 Å². The average Bonchev–Trinajstić information content (AvgIpc) is 3.08. The van der Waals surface area contributed by atoms with E-state index in [9.17, 15) is 9.70 Å². The van der Waals surface area contributed by atoms with Gasteiger partial charge in [-0.25, -0.2) is 9.67 Å². The van der Waals surface area contributed by atoms with Crippen LogP contribution in [0.1, 0.15) is 10.6 Å². The zero-order valence-corrected chi connectivity index (χ0v) is 13.9. The fourth-order valence-electron chi connectivity index (χ4n) is 2.89. The molecule has 4 rings (SSSR count). The molecule has 0 saturated carbocycles. The Labute approximate surface area is 140 Å². The molecule has 0 amide bonds. The Morgan fingerprint density at radius 1 is 1.33 bits per heavy atom. The Bertz CT molecular complexity index is 1150. The third-order valence-corrected chi connectivity index (χ3v) is 4.97. The summed E-state index contributed by atoms with van der Waals surface area (Å²) in [5, 5.41) is 8.99. The van der Waals surface area contributed by atoms with Crippen LogP contribution in [0.25, 0.3) is 21.3 Å². The van der Waals surface area contributed by atoms with Crippen molar-refractivity contribution in [3.63, 3.8) is 0 Å². The average molecular weight is 339 g/mol. The van der Waals surface area contributed by atoms with Crippen LogP contribution in [0.15, 0.2) is 40.4 Å². The molecule has 3 aromatic heterocycles. The molecule has 3 heterocycles. The predicted octanol–water partition coefficient (Wildman–Crippen LogP) is 3.10. The van der Waals surface area contributed by atoms with Gasteiger partial charge in [0.05, 0.1) is 22.4 Å². The van der Waals surface area contributed by atoms with E-state index < -0.39 is 0 Å². The molecular formula is C16H13N5O2S. The lowest BCUT2D eigenvalue weighted by Gasteiger charge is -2.06. The van der Waals surface area contributed by atoms with E-state index in [4.69, 9.17) is 0 Å². The first-order valence-corrected chi connectivity index (χ1v) is 8.14. The Kier molecular flexibility index (Phi) is 3.27. The molecule has 4 aromatic rings. The highest BCUT2D eigenvalue weighted by Gasteiger charge is 2.17. The van der Waals surface area contributed by atoms with Gasteiger partial charge in [0, 0.05) is 12.4 Å². The van der Waals surface area contributed by atoms with Crippen LogP contribution in [0.5, 0.6) is 0 Å². The van der Waals surface area contributed by atoms with Crippen LogP contribution in [-0.2, 0) is 13.6 Å². The minimum absolute atomic E-state index is 0.178. The number of aryl methyl sites for hydroxylation is 2. The summed E-state index contributed by atoms with van der Waals surface area (Å²) in [7, 11) is 1.84. The molecule has 0 atom stereocenters. The molecule has 0 aliphatic carbocycles. The van der Waals surface area contributed by atoms with Gasteiger partial charge in [0.25, 0.3) is 5.56 Å². The largest absolute Gasteiger partial charge is 0.323 e. The van der Waals surface area contributed by atoms with Gasteiger partial charge in [-0.3, -0.25) is 4.79 Å². The third-order valence-electron chi connectivity index (χ3n) is 3.98. The number of fused-ring (bicyclic) bond motifs is 3. The first-order valence-electron chi connectivity index (χ1n) is 7.32. The molecule has 0 radical (unpaired) electrons. The molecule has 24 heavy (non-hydrogen) atoms. The Morgan fingerprint density at radius 2 is 2.17 bits per heavy atom. The molecule has 0 aliphatic rings. The normalized spacial score (nSPS) is 11.4. The maximum Gasteiger partial charge on any atom is 0.291 e.